The summed E-state index contributed by atoms with van der Waals surface area (Å²) in [5, 5.41) is 10.00. The van der Waals surface area contributed by atoms with Crippen molar-refractivity contribution in [3.63, 3.8) is 0 Å². The molecule has 0 saturated heterocycles. The van der Waals surface area contributed by atoms with Gasteiger partial charge in [-0.3, -0.25) is 4.79 Å². The maximum Gasteiger partial charge on any atom is 0.139 e. The number of allylic oxidation sites excluding steroid dienone is 1. The molecular formula is C19H28O2. The molecule has 0 aliphatic heterocycles. The molecule has 116 valence electrons. The lowest BCUT2D eigenvalue weighted by Gasteiger charge is -2.56. The molecule has 3 saturated carbocycles. The SMILES string of the molecule is CC12CC[C@H]3[C@@H](CC=C4C[C@@H](O)CCC43C)[C@@H]1CCC2=O. The van der Waals surface area contributed by atoms with Gasteiger partial charge in [0.2, 0.25) is 0 Å². The van der Waals surface area contributed by atoms with Gasteiger partial charge in [0.05, 0.1) is 6.10 Å². The zero-order chi connectivity index (χ0) is 14.8. The van der Waals surface area contributed by atoms with Crippen molar-refractivity contribution in [2.45, 2.75) is 71.3 Å². The van der Waals surface area contributed by atoms with Crippen LogP contribution in [0.1, 0.15) is 65.2 Å². The highest BCUT2D eigenvalue weighted by Gasteiger charge is 2.58. The first-order valence-electron chi connectivity index (χ1n) is 8.86. The summed E-state index contributed by atoms with van der Waals surface area (Å²) in [4.78, 5) is 12.4. The zero-order valence-electron chi connectivity index (χ0n) is 13.4. The van der Waals surface area contributed by atoms with Crippen LogP contribution in [0.15, 0.2) is 11.6 Å². The van der Waals surface area contributed by atoms with Gasteiger partial charge in [-0.1, -0.05) is 25.5 Å². The first kappa shape index (κ1) is 14.0. The van der Waals surface area contributed by atoms with Gasteiger partial charge in [0.25, 0.3) is 0 Å². The molecule has 1 N–H and O–H groups in total. The zero-order valence-corrected chi connectivity index (χ0v) is 13.4. The van der Waals surface area contributed by atoms with E-state index in [0.29, 0.717) is 23.0 Å². The van der Waals surface area contributed by atoms with E-state index in [0.717, 1.165) is 50.9 Å². The Labute approximate surface area is 128 Å². The standard InChI is InChI=1S/C19H28O2/c1-18-9-7-13(20)11-12(18)3-4-14-15-5-6-17(21)19(15,2)10-8-16(14)18/h3,13-16,20H,4-11H2,1-2H3/t13-,14-,15-,16-,18?,19?/m0/s1. The van der Waals surface area contributed by atoms with Gasteiger partial charge >= 0.3 is 0 Å². The maximum atomic E-state index is 12.4. The van der Waals surface area contributed by atoms with Crippen molar-refractivity contribution in [1.29, 1.82) is 0 Å². The number of carbonyl (C=O) groups excluding carboxylic acids is 1. The van der Waals surface area contributed by atoms with Gasteiger partial charge in [0, 0.05) is 11.8 Å². The van der Waals surface area contributed by atoms with E-state index in [9.17, 15) is 9.90 Å². The lowest BCUT2D eigenvalue weighted by Crippen LogP contribution is -2.50. The summed E-state index contributed by atoms with van der Waals surface area (Å²) in [6.07, 6.45) is 10.7. The number of Topliss-reactive ketones (excluding diaryl/α,β-unsaturated/α-hetero) is 1. The highest BCUT2D eigenvalue weighted by Crippen LogP contribution is 2.63. The number of rotatable bonds is 0. The van der Waals surface area contributed by atoms with Crippen molar-refractivity contribution >= 4 is 5.78 Å². The van der Waals surface area contributed by atoms with E-state index < -0.39 is 0 Å². The van der Waals surface area contributed by atoms with Crippen LogP contribution < -0.4 is 0 Å². The molecule has 2 unspecified atom stereocenters. The number of hydrogen-bond acceptors (Lipinski definition) is 2. The Morgan fingerprint density at radius 2 is 1.81 bits per heavy atom. The van der Waals surface area contributed by atoms with Gasteiger partial charge in [0.15, 0.2) is 0 Å². The van der Waals surface area contributed by atoms with Crippen LogP contribution in [0.3, 0.4) is 0 Å². The number of fused-ring (bicyclic) bond motifs is 5. The first-order chi connectivity index (χ1) is 9.95. The lowest BCUT2D eigenvalue weighted by molar-refractivity contribution is -0.132. The normalized spacial score (nSPS) is 52.7. The average molecular weight is 288 g/mol. The Hall–Kier alpha value is -0.630. The Balaban J connectivity index is 1.69. The van der Waals surface area contributed by atoms with Crippen molar-refractivity contribution in [2.75, 3.05) is 0 Å². The molecule has 21 heavy (non-hydrogen) atoms. The van der Waals surface area contributed by atoms with E-state index in [1.165, 1.54) is 12.0 Å². The van der Waals surface area contributed by atoms with Crippen LogP contribution in [-0.4, -0.2) is 17.0 Å². The van der Waals surface area contributed by atoms with Crippen LogP contribution in [0, 0.1) is 28.6 Å². The van der Waals surface area contributed by atoms with E-state index >= 15 is 0 Å². The minimum atomic E-state index is -0.122. The van der Waals surface area contributed by atoms with Crippen LogP contribution in [0.5, 0.6) is 0 Å². The molecule has 0 spiro atoms. The molecule has 4 aliphatic carbocycles. The van der Waals surface area contributed by atoms with Crippen molar-refractivity contribution in [3.05, 3.63) is 11.6 Å². The molecule has 6 atom stereocenters. The fourth-order valence-corrected chi connectivity index (χ4v) is 6.41. The van der Waals surface area contributed by atoms with Crippen LogP contribution in [0.2, 0.25) is 0 Å². The van der Waals surface area contributed by atoms with E-state index in [-0.39, 0.29) is 11.5 Å². The molecule has 0 bridgehead atoms. The number of carbonyl (C=O) groups is 1. The number of hydrogen-bond donors (Lipinski definition) is 1. The van der Waals surface area contributed by atoms with E-state index in [2.05, 4.69) is 19.9 Å². The van der Waals surface area contributed by atoms with Crippen LogP contribution >= 0.6 is 0 Å². The number of aliphatic hydroxyl groups excluding tert-OH is 1. The number of aliphatic hydroxyl groups is 1. The maximum absolute atomic E-state index is 12.4. The monoisotopic (exact) mass is 288 g/mol. The summed E-state index contributed by atoms with van der Waals surface area (Å²) >= 11 is 0. The van der Waals surface area contributed by atoms with Gasteiger partial charge < -0.3 is 5.11 Å². The smallest absolute Gasteiger partial charge is 0.139 e. The lowest BCUT2D eigenvalue weighted by atomic mass is 9.48. The molecule has 0 heterocycles. The molecule has 2 heteroatoms. The highest BCUT2D eigenvalue weighted by atomic mass is 16.3. The van der Waals surface area contributed by atoms with Gasteiger partial charge in [0.1, 0.15) is 5.78 Å². The summed E-state index contributed by atoms with van der Waals surface area (Å²) in [5.74, 6) is 2.60. The van der Waals surface area contributed by atoms with Crippen LogP contribution in [0.25, 0.3) is 0 Å². The quantitative estimate of drug-likeness (QED) is 0.687. The predicted molar refractivity (Wildman–Crippen MR) is 82.7 cm³/mol. The third-order valence-corrected chi connectivity index (χ3v) is 7.79. The molecule has 4 rings (SSSR count). The Morgan fingerprint density at radius 1 is 1.10 bits per heavy atom. The second-order valence-electron chi connectivity index (χ2n) is 8.57. The molecule has 0 aromatic carbocycles. The van der Waals surface area contributed by atoms with Crippen LogP contribution in [-0.2, 0) is 4.79 Å². The van der Waals surface area contributed by atoms with Crippen molar-refractivity contribution in [2.24, 2.45) is 28.6 Å². The summed E-state index contributed by atoms with van der Waals surface area (Å²) in [6.45, 7) is 4.69. The van der Waals surface area contributed by atoms with Gasteiger partial charge in [-0.05, 0) is 68.1 Å². The van der Waals surface area contributed by atoms with Crippen molar-refractivity contribution in [3.8, 4) is 0 Å². The van der Waals surface area contributed by atoms with E-state index in [4.69, 9.17) is 0 Å². The van der Waals surface area contributed by atoms with Crippen molar-refractivity contribution < 1.29 is 9.90 Å². The fourth-order valence-electron chi connectivity index (χ4n) is 6.41. The molecular weight excluding hydrogens is 260 g/mol. The minimum Gasteiger partial charge on any atom is -0.393 e. The molecule has 2 nitrogen and oxygen atoms in total. The third-order valence-electron chi connectivity index (χ3n) is 7.79. The van der Waals surface area contributed by atoms with Gasteiger partial charge in [-0.25, -0.2) is 0 Å². The fraction of sp³-hybridized carbons (Fsp3) is 0.842. The number of ketones is 1. The summed E-state index contributed by atoms with van der Waals surface area (Å²) < 4.78 is 0. The third kappa shape index (κ3) is 1.78. The Bertz CT molecular complexity index is 508. The second-order valence-corrected chi connectivity index (χ2v) is 8.57. The molecule has 0 radical (unpaired) electrons. The van der Waals surface area contributed by atoms with Gasteiger partial charge in [-0.15, -0.1) is 0 Å². The second kappa shape index (κ2) is 4.44. The summed E-state index contributed by atoms with van der Waals surface area (Å²) in [6, 6.07) is 0. The predicted octanol–water partition coefficient (Wildman–Crippen LogP) is 3.88. The summed E-state index contributed by atoms with van der Waals surface area (Å²) in [7, 11) is 0. The molecule has 0 aromatic heterocycles. The Morgan fingerprint density at radius 3 is 2.62 bits per heavy atom. The average Bonchev–Trinajstić information content (AvgIpc) is 2.76. The molecule has 0 aromatic rings. The van der Waals surface area contributed by atoms with Gasteiger partial charge in [-0.2, -0.15) is 0 Å². The highest BCUT2D eigenvalue weighted by molar-refractivity contribution is 5.87. The molecule has 0 amide bonds. The summed E-state index contributed by atoms with van der Waals surface area (Å²) in [5.41, 5.74) is 1.81. The molecule has 3 fully saturated rings. The molecule has 4 aliphatic rings. The first-order valence-corrected chi connectivity index (χ1v) is 8.86. The largest absolute Gasteiger partial charge is 0.393 e. The Kier molecular flexibility index (Phi) is 2.96. The van der Waals surface area contributed by atoms with Crippen LogP contribution in [0.4, 0.5) is 0 Å². The van der Waals surface area contributed by atoms with E-state index in [1.807, 2.05) is 0 Å². The topological polar surface area (TPSA) is 37.3 Å². The van der Waals surface area contributed by atoms with Crippen molar-refractivity contribution in [1.82, 2.24) is 0 Å². The van der Waals surface area contributed by atoms with E-state index in [1.54, 1.807) is 0 Å². The minimum absolute atomic E-state index is 0.0168.